The fourth-order valence-electron chi connectivity index (χ4n) is 1.91. The summed E-state index contributed by atoms with van der Waals surface area (Å²) in [6.45, 7) is 11.8. The molecule has 110 valence electrons. The van der Waals surface area contributed by atoms with Crippen LogP contribution in [0, 0.1) is 0 Å². The fourth-order valence-corrected chi connectivity index (χ4v) is 4.49. The molecular formula is C14H33NO2P+. The first-order valence-electron chi connectivity index (χ1n) is 7.09. The van der Waals surface area contributed by atoms with E-state index in [-0.39, 0.29) is 0 Å². The van der Waals surface area contributed by atoms with Crippen molar-refractivity contribution < 1.29 is 9.26 Å². The monoisotopic (exact) mass is 278 g/mol. The molecule has 3 unspecified atom stereocenters. The quantitative estimate of drug-likeness (QED) is 0.621. The molecule has 3 atom stereocenters. The average Bonchev–Trinajstić information content (AvgIpc) is 2.37. The van der Waals surface area contributed by atoms with Crippen LogP contribution in [0.3, 0.4) is 0 Å². The van der Waals surface area contributed by atoms with Crippen molar-refractivity contribution in [2.45, 2.75) is 58.3 Å². The molecule has 0 bridgehead atoms. The Balaban J connectivity index is 4.23. The molecule has 0 fully saturated rings. The highest BCUT2D eigenvalue weighted by Crippen LogP contribution is 2.61. The standard InChI is InChI=1S/C14H33NO2P/c1-8-13(4)18(7,16-6)10-9-14(15-5)11-17-12(2)3/h12-15H,8-11H2,1-7H3/q+1. The van der Waals surface area contributed by atoms with E-state index >= 15 is 0 Å². The molecule has 0 amide bonds. The van der Waals surface area contributed by atoms with Gasteiger partial charge in [0.2, 0.25) is 0 Å². The van der Waals surface area contributed by atoms with E-state index in [9.17, 15) is 0 Å². The van der Waals surface area contributed by atoms with Gasteiger partial charge in [0.05, 0.1) is 38.3 Å². The van der Waals surface area contributed by atoms with Crippen LogP contribution in [0.5, 0.6) is 0 Å². The molecular weight excluding hydrogens is 245 g/mol. The van der Waals surface area contributed by atoms with Gasteiger partial charge in [0.15, 0.2) is 0 Å². The van der Waals surface area contributed by atoms with Gasteiger partial charge < -0.3 is 10.1 Å². The van der Waals surface area contributed by atoms with Gasteiger partial charge in [-0.25, -0.2) is 4.52 Å². The molecule has 0 saturated heterocycles. The molecule has 3 nitrogen and oxygen atoms in total. The summed E-state index contributed by atoms with van der Waals surface area (Å²) in [4.78, 5) is 0. The van der Waals surface area contributed by atoms with Crippen LogP contribution in [0.15, 0.2) is 0 Å². The van der Waals surface area contributed by atoms with Crippen LogP contribution in [0.25, 0.3) is 0 Å². The van der Waals surface area contributed by atoms with Gasteiger partial charge in [0, 0.05) is 12.5 Å². The van der Waals surface area contributed by atoms with Crippen molar-refractivity contribution in [2.75, 3.05) is 33.6 Å². The van der Waals surface area contributed by atoms with E-state index in [4.69, 9.17) is 9.26 Å². The molecule has 0 aromatic heterocycles. The topological polar surface area (TPSA) is 30.5 Å². The summed E-state index contributed by atoms with van der Waals surface area (Å²) in [6, 6.07) is 0.436. The molecule has 0 radical (unpaired) electrons. The van der Waals surface area contributed by atoms with Crippen LogP contribution in [-0.4, -0.2) is 51.4 Å². The highest BCUT2D eigenvalue weighted by Gasteiger charge is 2.38. The maximum atomic E-state index is 5.85. The minimum Gasteiger partial charge on any atom is -0.377 e. The zero-order valence-electron chi connectivity index (χ0n) is 13.3. The Bertz CT molecular complexity index is 214. The van der Waals surface area contributed by atoms with Crippen LogP contribution in [0.1, 0.15) is 40.5 Å². The number of nitrogens with one attached hydrogen (secondary N) is 1. The van der Waals surface area contributed by atoms with Crippen LogP contribution in [-0.2, 0) is 9.26 Å². The zero-order valence-corrected chi connectivity index (χ0v) is 14.2. The predicted molar refractivity (Wildman–Crippen MR) is 83.0 cm³/mol. The zero-order chi connectivity index (χ0) is 14.2. The van der Waals surface area contributed by atoms with Gasteiger partial charge in [0.25, 0.3) is 0 Å². The Kier molecular flexibility index (Phi) is 9.41. The van der Waals surface area contributed by atoms with Gasteiger partial charge in [-0.15, -0.1) is 0 Å². The molecule has 0 saturated carbocycles. The minimum absolute atomic E-state index is 0.305. The summed E-state index contributed by atoms with van der Waals surface area (Å²) in [5.41, 5.74) is 0.686. The molecule has 18 heavy (non-hydrogen) atoms. The Labute approximate surface area is 114 Å². The van der Waals surface area contributed by atoms with E-state index in [1.54, 1.807) is 0 Å². The van der Waals surface area contributed by atoms with Crippen molar-refractivity contribution in [1.82, 2.24) is 5.32 Å². The third-order valence-corrected chi connectivity index (χ3v) is 8.11. The molecule has 0 aliphatic heterocycles. The number of hydrogen-bond acceptors (Lipinski definition) is 3. The molecule has 0 heterocycles. The third kappa shape index (κ3) is 6.47. The number of ether oxygens (including phenoxy) is 1. The SMILES string of the molecule is CCC(C)[P+](C)(CCC(COC(C)C)NC)OC. The van der Waals surface area contributed by atoms with Crippen LogP contribution in [0.4, 0.5) is 0 Å². The van der Waals surface area contributed by atoms with Gasteiger partial charge in [-0.1, -0.05) is 6.92 Å². The summed E-state index contributed by atoms with van der Waals surface area (Å²) >= 11 is 0. The molecule has 0 aliphatic rings. The first-order valence-corrected chi connectivity index (χ1v) is 9.50. The van der Waals surface area contributed by atoms with E-state index < -0.39 is 7.49 Å². The van der Waals surface area contributed by atoms with Crippen LogP contribution >= 0.6 is 7.49 Å². The van der Waals surface area contributed by atoms with Crippen molar-refractivity contribution in [3.8, 4) is 0 Å². The van der Waals surface area contributed by atoms with E-state index in [0.717, 1.165) is 13.0 Å². The lowest BCUT2D eigenvalue weighted by molar-refractivity contribution is 0.0621. The van der Waals surface area contributed by atoms with Gasteiger partial charge in [0.1, 0.15) is 7.49 Å². The van der Waals surface area contributed by atoms with Crippen molar-refractivity contribution in [2.24, 2.45) is 0 Å². The summed E-state index contributed by atoms with van der Waals surface area (Å²) in [7, 11) is 2.64. The summed E-state index contributed by atoms with van der Waals surface area (Å²) in [5.74, 6) is 0. The van der Waals surface area contributed by atoms with Crippen LogP contribution < -0.4 is 5.32 Å². The number of hydrogen-bond donors (Lipinski definition) is 1. The second-order valence-corrected chi connectivity index (χ2v) is 9.54. The van der Waals surface area contributed by atoms with Gasteiger partial charge >= 0.3 is 0 Å². The van der Waals surface area contributed by atoms with Crippen molar-refractivity contribution in [1.29, 1.82) is 0 Å². The smallest absolute Gasteiger partial charge is 0.145 e. The second kappa shape index (κ2) is 9.25. The Hall–Kier alpha value is 0.310. The lowest BCUT2D eigenvalue weighted by atomic mass is 10.2. The Morgan fingerprint density at radius 3 is 2.22 bits per heavy atom. The molecule has 4 heteroatoms. The minimum atomic E-state index is -1.25. The molecule has 0 aliphatic carbocycles. The van der Waals surface area contributed by atoms with E-state index in [1.807, 2.05) is 14.2 Å². The first kappa shape index (κ1) is 18.3. The van der Waals surface area contributed by atoms with Crippen molar-refractivity contribution >= 4 is 7.49 Å². The van der Waals surface area contributed by atoms with E-state index in [2.05, 4.69) is 39.7 Å². The maximum absolute atomic E-state index is 5.85. The summed E-state index contributed by atoms with van der Waals surface area (Å²) < 4.78 is 11.5. The largest absolute Gasteiger partial charge is 0.377 e. The third-order valence-electron chi connectivity index (χ3n) is 3.90. The molecule has 1 N–H and O–H groups in total. The first-order chi connectivity index (χ1) is 8.39. The molecule has 0 aromatic rings. The van der Waals surface area contributed by atoms with Gasteiger partial charge in [-0.3, -0.25) is 0 Å². The van der Waals surface area contributed by atoms with E-state index in [0.29, 0.717) is 17.8 Å². The number of likely N-dealkylation sites (N-methyl/N-ethyl adjacent to an activating group) is 1. The van der Waals surface area contributed by atoms with Crippen molar-refractivity contribution in [3.05, 3.63) is 0 Å². The van der Waals surface area contributed by atoms with Gasteiger partial charge in [-0.05, 0) is 34.2 Å². The average molecular weight is 278 g/mol. The maximum Gasteiger partial charge on any atom is 0.145 e. The Morgan fingerprint density at radius 1 is 1.22 bits per heavy atom. The molecule has 0 rings (SSSR count). The van der Waals surface area contributed by atoms with Crippen LogP contribution in [0.2, 0.25) is 0 Å². The number of rotatable bonds is 10. The molecule has 0 spiro atoms. The molecule has 0 aromatic carbocycles. The summed E-state index contributed by atoms with van der Waals surface area (Å²) in [6.07, 6.45) is 3.81. The lowest BCUT2D eigenvalue weighted by Crippen LogP contribution is -2.33. The summed E-state index contributed by atoms with van der Waals surface area (Å²) in [5, 5.41) is 3.35. The second-order valence-electron chi connectivity index (χ2n) is 5.49. The fraction of sp³-hybridized carbons (Fsp3) is 1.00. The van der Waals surface area contributed by atoms with Gasteiger partial charge in [-0.2, -0.15) is 0 Å². The highest BCUT2D eigenvalue weighted by atomic mass is 31.2. The predicted octanol–water partition coefficient (Wildman–Crippen LogP) is 3.40. The van der Waals surface area contributed by atoms with E-state index in [1.165, 1.54) is 12.6 Å². The normalized spacial score (nSPS) is 18.7. The lowest BCUT2D eigenvalue weighted by Gasteiger charge is -2.27. The Morgan fingerprint density at radius 2 is 1.83 bits per heavy atom. The van der Waals surface area contributed by atoms with Crippen molar-refractivity contribution in [3.63, 3.8) is 0 Å². The highest BCUT2D eigenvalue weighted by molar-refractivity contribution is 7.71.